The number of hydrogen-bond donors (Lipinski definition) is 0. The topological polar surface area (TPSA) is 0 Å². The molecule has 0 aliphatic heterocycles. The Morgan fingerprint density at radius 1 is 0.536 bits per heavy atom. The summed E-state index contributed by atoms with van der Waals surface area (Å²) in [6.07, 6.45) is -0.262. The van der Waals surface area contributed by atoms with Gasteiger partial charge in [-0.15, -0.1) is 0 Å². The molecule has 0 aromatic heterocycles. The summed E-state index contributed by atoms with van der Waals surface area (Å²) in [6.45, 7) is 28.0. The second-order valence-electron chi connectivity index (χ2n) is 8.92. The van der Waals surface area contributed by atoms with E-state index in [0.29, 0.717) is 0 Å². The van der Waals surface area contributed by atoms with Gasteiger partial charge in [0.15, 0.2) is 0 Å². The summed E-state index contributed by atoms with van der Waals surface area (Å²) in [4.78, 5) is 0. The van der Waals surface area contributed by atoms with Crippen molar-refractivity contribution < 1.29 is 28.9 Å². The molecular weight excluding hydrogens is 531 g/mol. The Labute approximate surface area is 215 Å². The van der Waals surface area contributed by atoms with Crippen molar-refractivity contribution in [3.05, 3.63) is 59.2 Å². The van der Waals surface area contributed by atoms with Gasteiger partial charge in [-0.3, -0.25) is 0 Å². The average molecular weight is 576 g/mol. The van der Waals surface area contributed by atoms with Crippen molar-refractivity contribution in [1.29, 1.82) is 0 Å². The van der Waals surface area contributed by atoms with Crippen LogP contribution in [0.2, 0.25) is 4.44 Å². The van der Waals surface area contributed by atoms with Crippen molar-refractivity contribution in [3.8, 4) is 0 Å². The summed E-state index contributed by atoms with van der Waals surface area (Å²) < 4.78 is 14.5. The first-order valence-corrected chi connectivity index (χ1v) is 11.2. The van der Waals surface area contributed by atoms with Crippen molar-refractivity contribution in [1.82, 2.24) is 0 Å². The Bertz CT molecular complexity index is 345. The molecule has 157 valence electrons. The molecule has 0 aromatic rings. The van der Waals surface area contributed by atoms with Crippen molar-refractivity contribution in [2.75, 3.05) is 0 Å². The van der Waals surface area contributed by atoms with Crippen LogP contribution in [0.1, 0.15) is 99.1 Å². The van der Waals surface area contributed by atoms with Gasteiger partial charge in [0.05, 0.1) is 0 Å². The molecule has 0 spiro atoms. The second kappa shape index (κ2) is 14.0. The van der Waals surface area contributed by atoms with Crippen LogP contribution < -0.4 is 0 Å². The third kappa shape index (κ3) is 9.44. The summed E-state index contributed by atoms with van der Waals surface area (Å²) in [5, 5.41) is 0. The van der Waals surface area contributed by atoms with Crippen LogP contribution in [-0.2, 0) is 26.2 Å². The average Bonchev–Trinajstić information content (AvgIpc) is 2.91. The first-order chi connectivity index (χ1) is 13.0. The largest absolute Gasteiger partial charge is 0 e. The van der Waals surface area contributed by atoms with Crippen LogP contribution in [0.25, 0.3) is 0 Å². The fourth-order valence-electron chi connectivity index (χ4n) is 3.02. The standard InChI is InChI=1S/2C10H15.C6H13Te.Zr/c2*1-6-7(2)9(4)10(5)8(6)3;1-6(2,3)4-5-7;/h2*1-5H3;4-5H2,1-3H3;/i;;4D,5D;. The van der Waals surface area contributed by atoms with Gasteiger partial charge in [0.1, 0.15) is 0 Å². The SMILES string of the molecule is C[C]1[C](C)[C](C)[C](C)[C]1C.C[C]1[C](C)[C](C)[C](C)[C]1C.[2H]C([Te])C([2H])C(C)(C)C.[Zr]. The van der Waals surface area contributed by atoms with Crippen molar-refractivity contribution in [2.45, 2.75) is 101 Å². The van der Waals surface area contributed by atoms with E-state index in [4.69, 9.17) is 2.74 Å². The minimum Gasteiger partial charge on any atom is 0 e. The quantitative estimate of drug-likeness (QED) is 0.278. The van der Waals surface area contributed by atoms with Gasteiger partial charge in [-0.2, -0.15) is 0 Å². The summed E-state index contributed by atoms with van der Waals surface area (Å²) in [5.74, 6) is 14.7. The smallest absolute Gasteiger partial charge is 0 e. The van der Waals surface area contributed by atoms with Gasteiger partial charge >= 0.3 is 62.1 Å². The molecule has 28 heavy (non-hydrogen) atoms. The fraction of sp³-hybridized carbons (Fsp3) is 0.615. The van der Waals surface area contributed by atoms with Crippen molar-refractivity contribution in [2.24, 2.45) is 5.41 Å². The monoisotopic (exact) mass is 577 g/mol. The van der Waals surface area contributed by atoms with E-state index >= 15 is 0 Å². The minimum atomic E-state index is -0.263. The van der Waals surface area contributed by atoms with Gasteiger partial charge in [-0.1, -0.05) is 69.2 Å². The summed E-state index contributed by atoms with van der Waals surface area (Å²) in [7, 11) is 0. The van der Waals surface area contributed by atoms with E-state index < -0.39 is 0 Å². The zero-order valence-corrected chi connectivity index (χ0v) is 25.4. The van der Waals surface area contributed by atoms with Crippen molar-refractivity contribution >= 4 is 22.3 Å². The van der Waals surface area contributed by atoms with Crippen LogP contribution in [0.4, 0.5) is 0 Å². The third-order valence-corrected chi connectivity index (χ3v) is 6.58. The Morgan fingerprint density at radius 2 is 0.679 bits per heavy atom. The van der Waals surface area contributed by atoms with Crippen LogP contribution >= 0.6 is 0 Å². The number of rotatable bonds is 1. The molecule has 0 heterocycles. The first kappa shape index (κ1) is 27.7. The van der Waals surface area contributed by atoms with Gasteiger partial charge in [0, 0.05) is 26.2 Å². The second-order valence-corrected chi connectivity index (χ2v) is 9.70. The minimum absolute atomic E-state index is 0. The zero-order valence-electron chi connectivity index (χ0n) is 22.6. The predicted octanol–water partition coefficient (Wildman–Crippen LogP) is 7.95. The predicted molar refractivity (Wildman–Crippen MR) is 124 cm³/mol. The van der Waals surface area contributed by atoms with Gasteiger partial charge in [0.2, 0.25) is 0 Å². The molecule has 0 bridgehead atoms. The Balaban J connectivity index is 0. The Morgan fingerprint density at radius 3 is 0.714 bits per heavy atom. The molecule has 0 N–H and O–H groups in total. The van der Waals surface area contributed by atoms with Crippen molar-refractivity contribution in [3.63, 3.8) is 0 Å². The summed E-state index contributed by atoms with van der Waals surface area (Å²) in [6, 6.07) is 0. The summed E-state index contributed by atoms with van der Waals surface area (Å²) in [5.41, 5.74) is -0.0380. The van der Waals surface area contributed by atoms with Crippen LogP contribution in [0.3, 0.4) is 0 Å². The molecule has 2 aliphatic carbocycles. The molecule has 0 aromatic carbocycles. The normalized spacial score (nSPS) is 26.6. The van der Waals surface area contributed by atoms with E-state index in [9.17, 15) is 0 Å². The van der Waals surface area contributed by atoms with Gasteiger partial charge in [0.25, 0.3) is 0 Å². The maximum absolute atomic E-state index is 7.49. The van der Waals surface area contributed by atoms with E-state index in [-0.39, 0.29) is 42.5 Å². The molecule has 2 rings (SSSR count). The molecule has 0 nitrogen and oxygen atoms in total. The zero-order chi connectivity index (χ0) is 23.4. The first-order valence-electron chi connectivity index (χ1n) is 11.0. The summed E-state index contributed by atoms with van der Waals surface area (Å²) >= 11 is 1.70. The maximum Gasteiger partial charge on any atom is 0 e. The van der Waals surface area contributed by atoms with Crippen LogP contribution in [0, 0.1) is 64.6 Å². The van der Waals surface area contributed by atoms with E-state index in [2.05, 4.69) is 69.2 Å². The van der Waals surface area contributed by atoms with Crippen LogP contribution in [0.5, 0.6) is 0 Å². The molecule has 2 aliphatic rings. The van der Waals surface area contributed by atoms with Gasteiger partial charge in [-0.25, -0.2) is 0 Å². The van der Waals surface area contributed by atoms with E-state index in [1.54, 1.807) is 22.3 Å². The third-order valence-electron chi connectivity index (χ3n) is 6.19. The molecule has 0 amide bonds. The molecule has 0 saturated heterocycles. The maximum atomic E-state index is 7.49. The molecule has 11 radical (unpaired) electrons. The molecule has 2 saturated carbocycles. The molecule has 2 atom stereocenters. The van der Waals surface area contributed by atoms with E-state index in [0.717, 1.165) is 0 Å². The molecule has 2 unspecified atom stereocenters. The van der Waals surface area contributed by atoms with Crippen LogP contribution in [0.15, 0.2) is 0 Å². The fourth-order valence-corrected chi connectivity index (χ4v) is 4.18. The van der Waals surface area contributed by atoms with Gasteiger partial charge in [-0.05, 0) is 59.2 Å². The van der Waals surface area contributed by atoms with Gasteiger partial charge < -0.3 is 0 Å². The number of hydrogen-bond acceptors (Lipinski definition) is 0. The Hall–Kier alpha value is 1.67. The van der Waals surface area contributed by atoms with Crippen LogP contribution in [-0.4, -0.2) is 22.3 Å². The molecule has 2 heteroatoms. The Kier molecular flexibility index (Phi) is 13.8. The van der Waals surface area contributed by atoms with E-state index in [1.807, 2.05) is 20.8 Å². The molecular formula is C26H43TeZr. The molecule has 2 fully saturated rings. The van der Waals surface area contributed by atoms with E-state index in [1.165, 1.54) is 59.2 Å².